The van der Waals surface area contributed by atoms with Gasteiger partial charge in [0.2, 0.25) is 0 Å². The molecular formula is C23H33FO. The largest absolute Gasteiger partial charge is 0.501 e. The molecule has 0 amide bonds. The lowest BCUT2D eigenvalue weighted by atomic mass is 9.48. The molecule has 2 fully saturated rings. The fraction of sp³-hybridized carbons (Fsp3) is 0.739. The summed E-state index contributed by atoms with van der Waals surface area (Å²) < 4.78 is 19.8. The minimum Gasteiger partial charge on any atom is -0.501 e. The molecule has 25 heavy (non-hydrogen) atoms. The van der Waals surface area contributed by atoms with Crippen molar-refractivity contribution in [1.82, 2.24) is 0 Å². The SMILES string of the molecule is COC1=CC2=CCC3C(CCC4(C)C(=C(C)F)CCC34)C2(C)C[C@H]1C. The van der Waals surface area contributed by atoms with Gasteiger partial charge in [0.1, 0.15) is 0 Å². The maximum atomic E-state index is 14.2. The molecule has 0 spiro atoms. The van der Waals surface area contributed by atoms with Crippen LogP contribution in [0.4, 0.5) is 4.39 Å². The van der Waals surface area contributed by atoms with Crippen LogP contribution in [0.5, 0.6) is 0 Å². The lowest BCUT2D eigenvalue weighted by Gasteiger charge is -2.57. The van der Waals surface area contributed by atoms with E-state index < -0.39 is 0 Å². The second kappa shape index (κ2) is 5.72. The van der Waals surface area contributed by atoms with Crippen LogP contribution in [0, 0.1) is 34.5 Å². The van der Waals surface area contributed by atoms with E-state index in [1.54, 1.807) is 14.0 Å². The van der Waals surface area contributed by atoms with Gasteiger partial charge in [-0.15, -0.1) is 0 Å². The normalized spacial score (nSPS) is 47.9. The molecule has 0 aromatic rings. The summed E-state index contributed by atoms with van der Waals surface area (Å²) in [4.78, 5) is 0. The van der Waals surface area contributed by atoms with Crippen molar-refractivity contribution in [2.75, 3.05) is 7.11 Å². The zero-order chi connectivity index (χ0) is 18.0. The fourth-order valence-electron chi connectivity index (χ4n) is 7.28. The molecule has 0 heterocycles. The number of fused-ring (bicyclic) bond motifs is 5. The Kier molecular flexibility index (Phi) is 3.98. The molecule has 6 atom stereocenters. The molecule has 4 aliphatic rings. The Morgan fingerprint density at radius 1 is 1.20 bits per heavy atom. The highest BCUT2D eigenvalue weighted by Crippen LogP contribution is 2.66. The van der Waals surface area contributed by atoms with Crippen molar-refractivity contribution in [1.29, 1.82) is 0 Å². The summed E-state index contributed by atoms with van der Waals surface area (Å²) in [6.07, 6.45) is 11.7. The van der Waals surface area contributed by atoms with E-state index in [1.807, 2.05) is 0 Å². The van der Waals surface area contributed by atoms with Gasteiger partial charge in [-0.05, 0) is 91.3 Å². The molecule has 0 bridgehead atoms. The van der Waals surface area contributed by atoms with Gasteiger partial charge in [0.25, 0.3) is 0 Å². The Morgan fingerprint density at radius 2 is 1.92 bits per heavy atom. The van der Waals surface area contributed by atoms with Crippen molar-refractivity contribution in [2.45, 2.75) is 66.2 Å². The van der Waals surface area contributed by atoms with Gasteiger partial charge >= 0.3 is 0 Å². The molecule has 138 valence electrons. The van der Waals surface area contributed by atoms with Crippen LogP contribution in [0.2, 0.25) is 0 Å². The minimum atomic E-state index is 0.0978. The molecule has 1 nitrogen and oxygen atoms in total. The van der Waals surface area contributed by atoms with Gasteiger partial charge in [-0.3, -0.25) is 0 Å². The third-order valence-electron chi connectivity index (χ3n) is 8.47. The van der Waals surface area contributed by atoms with E-state index in [1.165, 1.54) is 24.8 Å². The van der Waals surface area contributed by atoms with Crippen LogP contribution < -0.4 is 0 Å². The maximum absolute atomic E-state index is 14.2. The Balaban J connectivity index is 1.72. The van der Waals surface area contributed by atoms with Crippen molar-refractivity contribution in [3.05, 3.63) is 34.9 Å². The summed E-state index contributed by atoms with van der Waals surface area (Å²) in [5.41, 5.74) is 3.01. The predicted octanol–water partition coefficient (Wildman–Crippen LogP) is 6.58. The number of hydrogen-bond donors (Lipinski definition) is 0. The van der Waals surface area contributed by atoms with Gasteiger partial charge in [0, 0.05) is 5.92 Å². The Hall–Kier alpha value is -1.05. The third-order valence-corrected chi connectivity index (χ3v) is 8.47. The number of rotatable bonds is 1. The van der Waals surface area contributed by atoms with Crippen LogP contribution in [0.1, 0.15) is 66.2 Å². The van der Waals surface area contributed by atoms with E-state index in [-0.39, 0.29) is 16.7 Å². The summed E-state index contributed by atoms with van der Waals surface area (Å²) in [7, 11) is 1.80. The Bertz CT molecular complexity index is 668. The molecule has 5 unspecified atom stereocenters. The average Bonchev–Trinajstić information content (AvgIpc) is 2.91. The van der Waals surface area contributed by atoms with Crippen LogP contribution in [0.15, 0.2) is 34.9 Å². The van der Waals surface area contributed by atoms with E-state index in [0.717, 1.165) is 36.5 Å². The fourth-order valence-corrected chi connectivity index (χ4v) is 7.28. The smallest absolute Gasteiger partial charge is 0.0986 e. The summed E-state index contributed by atoms with van der Waals surface area (Å²) in [6.45, 7) is 8.82. The van der Waals surface area contributed by atoms with E-state index in [2.05, 4.69) is 32.9 Å². The van der Waals surface area contributed by atoms with Crippen LogP contribution in [-0.2, 0) is 4.74 Å². The number of ether oxygens (including phenoxy) is 1. The van der Waals surface area contributed by atoms with E-state index in [4.69, 9.17) is 4.74 Å². The monoisotopic (exact) mass is 344 g/mol. The first-order valence-electron chi connectivity index (χ1n) is 10.1. The quantitative estimate of drug-likeness (QED) is 0.522. The summed E-state index contributed by atoms with van der Waals surface area (Å²) in [6, 6.07) is 0. The molecule has 0 aromatic carbocycles. The van der Waals surface area contributed by atoms with Crippen molar-refractivity contribution in [3.63, 3.8) is 0 Å². The van der Waals surface area contributed by atoms with E-state index in [0.29, 0.717) is 17.8 Å². The van der Waals surface area contributed by atoms with Gasteiger partial charge < -0.3 is 4.74 Å². The van der Waals surface area contributed by atoms with Crippen LogP contribution in [0.3, 0.4) is 0 Å². The summed E-state index contributed by atoms with van der Waals surface area (Å²) >= 11 is 0. The molecule has 0 aliphatic heterocycles. The molecule has 0 saturated heterocycles. The second-order valence-corrected chi connectivity index (χ2v) is 9.55. The highest BCUT2D eigenvalue weighted by atomic mass is 19.1. The summed E-state index contributed by atoms with van der Waals surface area (Å²) in [5.74, 6) is 3.84. The Morgan fingerprint density at radius 3 is 2.60 bits per heavy atom. The Labute approximate surface area is 152 Å². The number of methoxy groups -OCH3 is 1. The number of halogens is 1. The van der Waals surface area contributed by atoms with Gasteiger partial charge in [-0.1, -0.05) is 26.8 Å². The van der Waals surface area contributed by atoms with E-state index in [9.17, 15) is 4.39 Å². The van der Waals surface area contributed by atoms with Crippen molar-refractivity contribution in [3.8, 4) is 0 Å². The number of hydrogen-bond acceptors (Lipinski definition) is 1. The predicted molar refractivity (Wildman–Crippen MR) is 101 cm³/mol. The standard InChI is InChI=1S/C23H33FO/c1-14-13-23(4)16(12-21(14)25-5)6-7-17-19-9-8-18(15(2)24)22(19,3)11-10-20(17)23/h6,12,14,17,19-20H,7-11,13H2,1-5H3/t14-,17?,19?,20?,22?,23?/m1/s1. The highest BCUT2D eigenvalue weighted by molar-refractivity contribution is 5.37. The first-order valence-corrected chi connectivity index (χ1v) is 10.1. The van der Waals surface area contributed by atoms with Crippen molar-refractivity contribution < 1.29 is 9.13 Å². The third kappa shape index (κ3) is 2.32. The highest BCUT2D eigenvalue weighted by Gasteiger charge is 2.57. The van der Waals surface area contributed by atoms with Crippen LogP contribution in [-0.4, -0.2) is 7.11 Å². The second-order valence-electron chi connectivity index (χ2n) is 9.55. The lowest BCUT2D eigenvalue weighted by molar-refractivity contribution is -0.0147. The maximum Gasteiger partial charge on any atom is 0.0986 e. The number of allylic oxidation sites excluding steroid dienone is 6. The van der Waals surface area contributed by atoms with Gasteiger partial charge in [-0.25, -0.2) is 4.39 Å². The zero-order valence-electron chi connectivity index (χ0n) is 16.5. The zero-order valence-corrected chi connectivity index (χ0v) is 16.5. The van der Waals surface area contributed by atoms with Crippen molar-refractivity contribution >= 4 is 0 Å². The van der Waals surface area contributed by atoms with Crippen LogP contribution in [0.25, 0.3) is 0 Å². The van der Waals surface area contributed by atoms with Gasteiger partial charge in [0.05, 0.1) is 18.7 Å². The average molecular weight is 345 g/mol. The van der Waals surface area contributed by atoms with Gasteiger partial charge in [-0.2, -0.15) is 0 Å². The van der Waals surface area contributed by atoms with E-state index >= 15 is 0 Å². The minimum absolute atomic E-state index is 0.0978. The molecule has 2 saturated carbocycles. The molecule has 0 aromatic heterocycles. The molecule has 2 heteroatoms. The van der Waals surface area contributed by atoms with Gasteiger partial charge in [0.15, 0.2) is 0 Å². The van der Waals surface area contributed by atoms with Crippen LogP contribution >= 0.6 is 0 Å². The molecule has 0 N–H and O–H groups in total. The van der Waals surface area contributed by atoms with Crippen molar-refractivity contribution in [2.24, 2.45) is 34.5 Å². The molecule has 4 aliphatic carbocycles. The molecular weight excluding hydrogens is 311 g/mol. The first-order chi connectivity index (χ1) is 11.8. The molecule has 4 rings (SSSR count). The summed E-state index contributed by atoms with van der Waals surface area (Å²) in [5, 5.41) is 0. The molecule has 0 radical (unpaired) electrons. The lowest BCUT2D eigenvalue weighted by Crippen LogP contribution is -2.49. The first kappa shape index (κ1) is 17.4. The topological polar surface area (TPSA) is 9.23 Å².